The van der Waals surface area contributed by atoms with E-state index in [1.807, 2.05) is 0 Å². The molecule has 7 heteroatoms. The predicted molar refractivity (Wildman–Crippen MR) is 50.3 cm³/mol. The Bertz CT molecular complexity index is 471. The van der Waals surface area contributed by atoms with Crippen molar-refractivity contribution in [2.75, 3.05) is 0 Å². The van der Waals surface area contributed by atoms with E-state index in [1.165, 1.54) is 6.07 Å². The fraction of sp³-hybridized carbons (Fsp3) is 0.222. The van der Waals surface area contributed by atoms with Crippen LogP contribution in [0.1, 0.15) is 23.1 Å². The van der Waals surface area contributed by atoms with Crippen LogP contribution in [0, 0.1) is 11.3 Å². The minimum atomic E-state index is -2.90. The lowest BCUT2D eigenvalue weighted by Crippen LogP contribution is -2.07. The van der Waals surface area contributed by atoms with Crippen molar-refractivity contribution < 1.29 is 18.7 Å². The molecule has 0 saturated heterocycles. The highest BCUT2D eigenvalue weighted by atomic mass is 35.5. The molecule has 4 nitrogen and oxygen atoms in total. The molecule has 0 saturated carbocycles. The highest BCUT2D eigenvalue weighted by molar-refractivity contribution is 6.30. The highest BCUT2D eigenvalue weighted by Gasteiger charge is 2.21. The molecule has 1 aromatic heterocycles. The molecule has 0 aliphatic rings. The summed E-state index contributed by atoms with van der Waals surface area (Å²) in [5.41, 5.74) is -1.21. The maximum atomic E-state index is 12.5. The average molecular weight is 247 g/mol. The maximum Gasteiger partial charge on any atom is 0.307 e. The SMILES string of the molecule is N#Cc1c(C(F)F)cnc(Cl)c1CC(=O)O. The molecule has 0 aliphatic heterocycles. The van der Waals surface area contributed by atoms with Crippen LogP contribution in [-0.4, -0.2) is 16.1 Å². The van der Waals surface area contributed by atoms with Crippen molar-refractivity contribution in [1.29, 1.82) is 5.26 Å². The molecule has 0 unspecified atom stereocenters. The van der Waals surface area contributed by atoms with Gasteiger partial charge >= 0.3 is 5.97 Å². The molecule has 1 aromatic rings. The molecule has 0 aromatic carbocycles. The van der Waals surface area contributed by atoms with Crippen molar-refractivity contribution in [1.82, 2.24) is 4.98 Å². The topological polar surface area (TPSA) is 74.0 Å². The van der Waals surface area contributed by atoms with Crippen LogP contribution in [0.25, 0.3) is 0 Å². The number of alkyl halides is 2. The summed E-state index contributed by atoms with van der Waals surface area (Å²) < 4.78 is 25.0. The first-order valence-electron chi connectivity index (χ1n) is 4.04. The van der Waals surface area contributed by atoms with Crippen molar-refractivity contribution in [3.63, 3.8) is 0 Å². The van der Waals surface area contributed by atoms with E-state index in [1.54, 1.807) is 0 Å². The molecule has 16 heavy (non-hydrogen) atoms. The highest BCUT2D eigenvalue weighted by Crippen LogP contribution is 2.28. The number of halogens is 3. The Morgan fingerprint density at radius 1 is 1.69 bits per heavy atom. The second-order valence-electron chi connectivity index (χ2n) is 2.84. The van der Waals surface area contributed by atoms with Crippen LogP contribution >= 0.6 is 11.6 Å². The summed E-state index contributed by atoms with van der Waals surface area (Å²) in [6.07, 6.45) is -2.74. The van der Waals surface area contributed by atoms with E-state index >= 15 is 0 Å². The van der Waals surface area contributed by atoms with Gasteiger partial charge in [-0.15, -0.1) is 0 Å². The number of hydrogen-bond acceptors (Lipinski definition) is 3. The molecule has 0 fully saturated rings. The number of carboxylic acid groups (broad SMARTS) is 1. The van der Waals surface area contributed by atoms with Crippen LogP contribution < -0.4 is 0 Å². The number of carboxylic acids is 1. The zero-order chi connectivity index (χ0) is 12.3. The molecule has 1 N–H and O–H groups in total. The largest absolute Gasteiger partial charge is 0.481 e. The van der Waals surface area contributed by atoms with Gasteiger partial charge in [0.15, 0.2) is 0 Å². The van der Waals surface area contributed by atoms with E-state index in [0.29, 0.717) is 0 Å². The summed E-state index contributed by atoms with van der Waals surface area (Å²) in [5, 5.41) is 17.0. The Morgan fingerprint density at radius 3 is 2.75 bits per heavy atom. The molecule has 1 rings (SSSR count). The van der Waals surface area contributed by atoms with Crippen LogP contribution in [0.15, 0.2) is 6.20 Å². The number of pyridine rings is 1. The number of aliphatic carboxylic acids is 1. The number of carbonyl (C=O) groups is 1. The van der Waals surface area contributed by atoms with Crippen LogP contribution in [0.3, 0.4) is 0 Å². The van der Waals surface area contributed by atoms with Gasteiger partial charge in [0.1, 0.15) is 11.2 Å². The molecule has 0 amide bonds. The first-order chi connectivity index (χ1) is 7.47. The lowest BCUT2D eigenvalue weighted by atomic mass is 10.0. The molecular weight excluding hydrogens is 242 g/mol. The van der Waals surface area contributed by atoms with Crippen LogP contribution in [0.5, 0.6) is 0 Å². The lowest BCUT2D eigenvalue weighted by Gasteiger charge is -2.08. The molecule has 0 spiro atoms. The van der Waals surface area contributed by atoms with Gasteiger partial charge in [-0.25, -0.2) is 13.8 Å². The summed E-state index contributed by atoms with van der Waals surface area (Å²) >= 11 is 5.56. The Hall–Kier alpha value is -1.74. The normalized spacial score (nSPS) is 10.2. The first-order valence-corrected chi connectivity index (χ1v) is 4.42. The average Bonchev–Trinajstić information content (AvgIpc) is 2.19. The number of nitriles is 1. The second kappa shape index (κ2) is 4.86. The zero-order valence-electron chi connectivity index (χ0n) is 7.75. The van der Waals surface area contributed by atoms with Gasteiger partial charge in [-0.3, -0.25) is 4.79 Å². The predicted octanol–water partition coefficient (Wildman–Crippen LogP) is 2.17. The number of hydrogen-bond donors (Lipinski definition) is 1. The second-order valence-corrected chi connectivity index (χ2v) is 3.20. The zero-order valence-corrected chi connectivity index (χ0v) is 8.50. The minimum Gasteiger partial charge on any atom is -0.481 e. The van der Waals surface area contributed by atoms with Crippen molar-refractivity contribution in [2.24, 2.45) is 0 Å². The quantitative estimate of drug-likeness (QED) is 0.830. The van der Waals surface area contributed by atoms with E-state index in [9.17, 15) is 13.6 Å². The molecular formula is C9H5ClF2N2O2. The Kier molecular flexibility index (Phi) is 3.74. The van der Waals surface area contributed by atoms with Gasteiger partial charge in [0, 0.05) is 11.8 Å². The molecule has 0 atom stereocenters. The van der Waals surface area contributed by atoms with Crippen molar-refractivity contribution >= 4 is 17.6 Å². The van der Waals surface area contributed by atoms with Crippen LogP contribution in [0.2, 0.25) is 5.15 Å². The van der Waals surface area contributed by atoms with Gasteiger partial charge < -0.3 is 5.11 Å². The summed E-state index contributed by atoms with van der Waals surface area (Å²) in [6.45, 7) is 0. The lowest BCUT2D eigenvalue weighted by molar-refractivity contribution is -0.136. The standard InChI is InChI=1S/C9H5ClF2N2O2/c10-8-4(1-7(15)16)5(2-13)6(3-14-8)9(11)12/h3,9H,1H2,(H,15,16). The molecule has 0 bridgehead atoms. The Labute approximate surface area is 94.1 Å². The van der Waals surface area contributed by atoms with Crippen LogP contribution in [0.4, 0.5) is 8.78 Å². The Morgan fingerprint density at radius 2 is 2.31 bits per heavy atom. The smallest absolute Gasteiger partial charge is 0.307 e. The Balaban J connectivity index is 3.39. The first kappa shape index (κ1) is 12.3. The number of rotatable bonds is 3. The molecule has 0 aliphatic carbocycles. The molecule has 84 valence electrons. The summed E-state index contributed by atoms with van der Waals surface area (Å²) in [4.78, 5) is 13.9. The van der Waals surface area contributed by atoms with Gasteiger partial charge in [-0.2, -0.15) is 5.26 Å². The van der Waals surface area contributed by atoms with Crippen molar-refractivity contribution in [3.05, 3.63) is 28.0 Å². The van der Waals surface area contributed by atoms with Gasteiger partial charge in [-0.05, 0) is 0 Å². The van der Waals surface area contributed by atoms with E-state index in [-0.39, 0.29) is 10.7 Å². The van der Waals surface area contributed by atoms with Crippen molar-refractivity contribution in [2.45, 2.75) is 12.8 Å². The van der Waals surface area contributed by atoms with E-state index in [0.717, 1.165) is 6.20 Å². The number of nitrogens with zero attached hydrogens (tertiary/aromatic N) is 2. The van der Waals surface area contributed by atoms with E-state index in [4.69, 9.17) is 22.0 Å². The minimum absolute atomic E-state index is 0.186. The van der Waals surface area contributed by atoms with Crippen LogP contribution in [-0.2, 0) is 11.2 Å². The van der Waals surface area contributed by atoms with Crippen molar-refractivity contribution in [3.8, 4) is 6.07 Å². The summed E-state index contributed by atoms with van der Waals surface area (Å²) in [6, 6.07) is 1.52. The monoisotopic (exact) mass is 246 g/mol. The van der Waals surface area contributed by atoms with Gasteiger partial charge in [-0.1, -0.05) is 11.6 Å². The summed E-state index contributed by atoms with van der Waals surface area (Å²) in [7, 11) is 0. The molecule has 1 heterocycles. The summed E-state index contributed by atoms with van der Waals surface area (Å²) in [5.74, 6) is -1.27. The third-order valence-electron chi connectivity index (χ3n) is 1.83. The van der Waals surface area contributed by atoms with Gasteiger partial charge in [0.2, 0.25) is 0 Å². The fourth-order valence-electron chi connectivity index (χ4n) is 1.16. The third kappa shape index (κ3) is 2.44. The third-order valence-corrected chi connectivity index (χ3v) is 2.16. The van der Waals surface area contributed by atoms with E-state index < -0.39 is 29.9 Å². The molecule has 0 radical (unpaired) electrons. The fourth-order valence-corrected chi connectivity index (χ4v) is 1.37. The van der Waals surface area contributed by atoms with E-state index in [2.05, 4.69) is 4.98 Å². The number of aromatic nitrogens is 1. The maximum absolute atomic E-state index is 12.5. The van der Waals surface area contributed by atoms with Gasteiger partial charge in [0.05, 0.1) is 17.5 Å². The van der Waals surface area contributed by atoms with Gasteiger partial charge in [0.25, 0.3) is 6.43 Å².